The van der Waals surface area contributed by atoms with Gasteiger partial charge in [0.1, 0.15) is 11.2 Å². The van der Waals surface area contributed by atoms with Gasteiger partial charge in [-0.3, -0.25) is 4.57 Å². The Hall–Kier alpha value is -2.30. The number of carbonyl (C=O) groups is 2. The Morgan fingerprint density at radius 3 is 2.09 bits per heavy atom. The molecule has 2 rings (SSSR count). The van der Waals surface area contributed by atoms with Gasteiger partial charge in [0.2, 0.25) is 0 Å². The van der Waals surface area contributed by atoms with Crippen molar-refractivity contribution in [2.45, 2.75) is 52.7 Å². The molecular formula is C18H23NO4. The lowest BCUT2D eigenvalue weighted by Gasteiger charge is -2.20. The Morgan fingerprint density at radius 2 is 1.52 bits per heavy atom. The highest BCUT2D eigenvalue weighted by Crippen LogP contribution is 2.21. The molecule has 0 spiro atoms. The van der Waals surface area contributed by atoms with Crippen LogP contribution in [0.25, 0.3) is 10.9 Å². The maximum Gasteiger partial charge on any atom is 0.418 e. The lowest BCUT2D eigenvalue weighted by Crippen LogP contribution is -2.26. The third-order valence-electron chi connectivity index (χ3n) is 2.92. The summed E-state index contributed by atoms with van der Waals surface area (Å²) < 4.78 is 12.2. The van der Waals surface area contributed by atoms with E-state index in [-0.39, 0.29) is 5.97 Å². The molecule has 1 heterocycles. The second-order valence-electron chi connectivity index (χ2n) is 7.44. The summed E-state index contributed by atoms with van der Waals surface area (Å²) >= 11 is 0. The summed E-state index contributed by atoms with van der Waals surface area (Å²) in [5.41, 5.74) is 0.0273. The molecule has 0 amide bonds. The SMILES string of the molecule is CC(C)(C)OC(=O)c1ccc2c(ccn2C(=O)OC(C)(C)C)c1. The second-order valence-corrected chi connectivity index (χ2v) is 7.44. The van der Waals surface area contributed by atoms with Crippen molar-refractivity contribution in [3.8, 4) is 0 Å². The van der Waals surface area contributed by atoms with Gasteiger partial charge in [0.25, 0.3) is 0 Å². The summed E-state index contributed by atoms with van der Waals surface area (Å²) in [6, 6.07) is 6.85. The lowest BCUT2D eigenvalue weighted by molar-refractivity contribution is 0.00695. The maximum absolute atomic E-state index is 12.2. The van der Waals surface area contributed by atoms with E-state index in [1.165, 1.54) is 4.57 Å². The van der Waals surface area contributed by atoms with Gasteiger partial charge >= 0.3 is 12.1 Å². The normalized spacial score (nSPS) is 12.3. The predicted molar refractivity (Wildman–Crippen MR) is 88.7 cm³/mol. The Bertz CT molecular complexity index is 744. The topological polar surface area (TPSA) is 57.5 Å². The quantitative estimate of drug-likeness (QED) is 0.732. The summed E-state index contributed by atoms with van der Waals surface area (Å²) in [6.07, 6.45) is 1.19. The zero-order valence-electron chi connectivity index (χ0n) is 14.5. The number of benzene rings is 1. The molecule has 5 heteroatoms. The van der Waals surface area contributed by atoms with Gasteiger partial charge < -0.3 is 9.47 Å². The summed E-state index contributed by atoms with van der Waals surface area (Å²) in [7, 11) is 0. The maximum atomic E-state index is 12.2. The van der Waals surface area contributed by atoms with Gasteiger partial charge in [0.15, 0.2) is 0 Å². The van der Waals surface area contributed by atoms with Crippen molar-refractivity contribution in [3.63, 3.8) is 0 Å². The van der Waals surface area contributed by atoms with Crippen molar-refractivity contribution in [2.75, 3.05) is 0 Å². The van der Waals surface area contributed by atoms with E-state index < -0.39 is 17.3 Å². The molecule has 0 radical (unpaired) electrons. The van der Waals surface area contributed by atoms with Crippen molar-refractivity contribution >= 4 is 23.0 Å². The Kier molecular flexibility index (Phi) is 4.24. The fourth-order valence-electron chi connectivity index (χ4n) is 2.08. The van der Waals surface area contributed by atoms with Crippen LogP contribution < -0.4 is 0 Å². The number of nitrogens with zero attached hydrogens (tertiary/aromatic N) is 1. The third kappa shape index (κ3) is 4.34. The number of hydrogen-bond donors (Lipinski definition) is 0. The minimum Gasteiger partial charge on any atom is -0.456 e. The highest BCUT2D eigenvalue weighted by atomic mass is 16.6. The van der Waals surface area contributed by atoms with Crippen LogP contribution in [0.15, 0.2) is 30.5 Å². The van der Waals surface area contributed by atoms with Crippen LogP contribution >= 0.6 is 0 Å². The summed E-state index contributed by atoms with van der Waals surface area (Å²) in [4.78, 5) is 24.3. The summed E-state index contributed by atoms with van der Waals surface area (Å²) in [6.45, 7) is 10.9. The number of aromatic nitrogens is 1. The minimum absolute atomic E-state index is 0.385. The minimum atomic E-state index is -0.565. The molecule has 124 valence electrons. The average Bonchev–Trinajstić information content (AvgIpc) is 2.77. The van der Waals surface area contributed by atoms with Crippen LogP contribution in [-0.4, -0.2) is 27.8 Å². The molecule has 1 aromatic carbocycles. The van der Waals surface area contributed by atoms with Crippen LogP contribution in [0.1, 0.15) is 51.9 Å². The molecule has 0 aliphatic heterocycles. The zero-order valence-corrected chi connectivity index (χ0v) is 14.5. The van der Waals surface area contributed by atoms with Crippen molar-refractivity contribution in [2.24, 2.45) is 0 Å². The first-order chi connectivity index (χ1) is 10.5. The Balaban J connectivity index is 2.30. The van der Waals surface area contributed by atoms with Crippen LogP contribution in [0.2, 0.25) is 0 Å². The van der Waals surface area contributed by atoms with Gasteiger partial charge in [-0.15, -0.1) is 0 Å². The number of esters is 1. The van der Waals surface area contributed by atoms with Gasteiger partial charge in [-0.2, -0.15) is 0 Å². The van der Waals surface area contributed by atoms with Crippen LogP contribution in [-0.2, 0) is 9.47 Å². The zero-order chi connectivity index (χ0) is 17.4. The first kappa shape index (κ1) is 17.1. The second kappa shape index (κ2) is 5.72. The fraction of sp³-hybridized carbons (Fsp3) is 0.444. The van der Waals surface area contributed by atoms with Gasteiger partial charge in [0, 0.05) is 11.6 Å². The van der Waals surface area contributed by atoms with Crippen LogP contribution in [0.4, 0.5) is 4.79 Å². The monoisotopic (exact) mass is 317 g/mol. The molecule has 0 bridgehead atoms. The number of fused-ring (bicyclic) bond motifs is 1. The smallest absolute Gasteiger partial charge is 0.418 e. The molecule has 5 nitrogen and oxygen atoms in total. The number of hydrogen-bond acceptors (Lipinski definition) is 4. The molecule has 0 unspecified atom stereocenters. The van der Waals surface area contributed by atoms with E-state index in [4.69, 9.17) is 9.47 Å². The molecular weight excluding hydrogens is 294 g/mol. The lowest BCUT2D eigenvalue weighted by atomic mass is 10.1. The molecule has 0 saturated heterocycles. The Labute approximate surface area is 136 Å². The number of rotatable bonds is 1. The molecule has 1 aromatic heterocycles. The molecule has 0 saturated carbocycles. The van der Waals surface area contributed by atoms with Crippen molar-refractivity contribution < 1.29 is 19.1 Å². The molecule has 23 heavy (non-hydrogen) atoms. The largest absolute Gasteiger partial charge is 0.456 e. The predicted octanol–water partition coefficient (Wildman–Crippen LogP) is 4.38. The van der Waals surface area contributed by atoms with Gasteiger partial charge in [-0.05, 0) is 65.8 Å². The molecule has 0 N–H and O–H groups in total. The molecule has 0 aliphatic carbocycles. The highest BCUT2D eigenvalue weighted by molar-refractivity contribution is 5.97. The van der Waals surface area contributed by atoms with Crippen LogP contribution in [0.3, 0.4) is 0 Å². The van der Waals surface area contributed by atoms with Crippen LogP contribution in [0.5, 0.6) is 0 Å². The van der Waals surface area contributed by atoms with Gasteiger partial charge in [0.05, 0.1) is 11.1 Å². The van der Waals surface area contributed by atoms with E-state index in [9.17, 15) is 9.59 Å². The van der Waals surface area contributed by atoms with E-state index >= 15 is 0 Å². The van der Waals surface area contributed by atoms with E-state index in [1.807, 2.05) is 41.5 Å². The average molecular weight is 317 g/mol. The standard InChI is InChI=1S/C18H23NO4/c1-17(2,3)22-15(20)13-7-8-14-12(11-13)9-10-19(14)16(21)23-18(4,5)6/h7-11H,1-6H3. The van der Waals surface area contributed by atoms with Crippen molar-refractivity contribution in [1.29, 1.82) is 0 Å². The molecule has 2 aromatic rings. The fourth-order valence-corrected chi connectivity index (χ4v) is 2.08. The number of carbonyl (C=O) groups excluding carboxylic acids is 2. The van der Waals surface area contributed by atoms with E-state index in [1.54, 1.807) is 30.5 Å². The third-order valence-corrected chi connectivity index (χ3v) is 2.92. The molecule has 0 aliphatic rings. The van der Waals surface area contributed by atoms with Gasteiger partial charge in [-0.25, -0.2) is 9.59 Å². The number of ether oxygens (including phenoxy) is 2. The van der Waals surface area contributed by atoms with Crippen molar-refractivity contribution in [3.05, 3.63) is 36.0 Å². The van der Waals surface area contributed by atoms with E-state index in [0.717, 1.165) is 5.39 Å². The molecule has 0 fully saturated rings. The first-order valence-electron chi connectivity index (χ1n) is 7.54. The van der Waals surface area contributed by atoms with Crippen molar-refractivity contribution in [1.82, 2.24) is 4.57 Å². The summed E-state index contributed by atoms with van der Waals surface area (Å²) in [5.74, 6) is -0.385. The Morgan fingerprint density at radius 1 is 0.913 bits per heavy atom. The summed E-state index contributed by atoms with van der Waals surface area (Å²) in [5, 5.41) is 0.777. The van der Waals surface area contributed by atoms with E-state index in [0.29, 0.717) is 11.1 Å². The van der Waals surface area contributed by atoms with E-state index in [2.05, 4.69) is 0 Å². The molecule has 0 atom stereocenters. The highest BCUT2D eigenvalue weighted by Gasteiger charge is 2.21. The van der Waals surface area contributed by atoms with Gasteiger partial charge in [-0.1, -0.05) is 0 Å². The first-order valence-corrected chi connectivity index (χ1v) is 7.54. The van der Waals surface area contributed by atoms with Crippen LogP contribution in [0, 0.1) is 0 Å².